The van der Waals surface area contributed by atoms with Gasteiger partial charge in [-0.15, -0.1) is 0 Å². The van der Waals surface area contributed by atoms with Gasteiger partial charge in [-0.3, -0.25) is 0 Å². The fourth-order valence-corrected chi connectivity index (χ4v) is 3.26. The second kappa shape index (κ2) is 9.48. The van der Waals surface area contributed by atoms with Crippen molar-refractivity contribution in [2.24, 2.45) is 0 Å². The van der Waals surface area contributed by atoms with Crippen molar-refractivity contribution in [1.82, 2.24) is 4.98 Å². The summed E-state index contributed by atoms with van der Waals surface area (Å²) in [5.74, 6) is -0.342. The fourth-order valence-electron chi connectivity index (χ4n) is 2.81. The van der Waals surface area contributed by atoms with Gasteiger partial charge in [-0.2, -0.15) is 0 Å². The van der Waals surface area contributed by atoms with Crippen LogP contribution >= 0.6 is 15.9 Å². The maximum atomic E-state index is 11.1. The minimum atomic E-state index is -0.993. The number of ether oxygens (including phenoxy) is 1. The van der Waals surface area contributed by atoms with Crippen molar-refractivity contribution in [2.45, 2.75) is 19.3 Å². The first-order valence-electron chi connectivity index (χ1n) is 8.85. The number of likely N-dealkylation sites (N-methyl/N-ethyl adjacent to an activating group) is 1. The summed E-state index contributed by atoms with van der Waals surface area (Å²) in [6.07, 6.45) is 1.75. The molecule has 0 radical (unpaired) electrons. The van der Waals surface area contributed by atoms with E-state index in [0.29, 0.717) is 18.8 Å². The fraction of sp³-hybridized carbons (Fsp3) is 0.182. The first-order valence-corrected chi connectivity index (χ1v) is 9.64. The van der Waals surface area contributed by atoms with Crippen LogP contribution in [-0.4, -0.2) is 29.3 Å². The van der Waals surface area contributed by atoms with Crippen LogP contribution in [0.2, 0.25) is 0 Å². The molecular formula is C22H21BrN2O3. The molecule has 3 aromatic rings. The van der Waals surface area contributed by atoms with Crippen molar-refractivity contribution in [2.75, 3.05) is 11.9 Å². The van der Waals surface area contributed by atoms with Crippen LogP contribution in [0, 0.1) is 0 Å². The second-order valence-electron chi connectivity index (χ2n) is 6.41. The number of carbonyl (C=O) groups is 1. The highest BCUT2D eigenvalue weighted by Gasteiger charge is 2.19. The van der Waals surface area contributed by atoms with Gasteiger partial charge >= 0.3 is 5.97 Å². The van der Waals surface area contributed by atoms with Gasteiger partial charge in [0.15, 0.2) is 0 Å². The molecule has 0 aliphatic rings. The Morgan fingerprint density at radius 2 is 1.86 bits per heavy atom. The standard InChI is InChI=1S/C22H21BrN2O3/c1-25(20-11-10-18(14-24-20)22(26)27)21(13-17-8-5-9-19(23)12-17)28-15-16-6-3-2-4-7-16/h2-12,14,21H,13,15H2,1H3,(H,26,27). The van der Waals surface area contributed by atoms with Crippen molar-refractivity contribution in [1.29, 1.82) is 0 Å². The lowest BCUT2D eigenvalue weighted by Gasteiger charge is -2.29. The maximum absolute atomic E-state index is 11.1. The van der Waals surface area contributed by atoms with E-state index in [0.717, 1.165) is 15.6 Å². The molecule has 1 atom stereocenters. The van der Waals surface area contributed by atoms with E-state index in [1.54, 1.807) is 12.1 Å². The van der Waals surface area contributed by atoms with Gasteiger partial charge in [0, 0.05) is 24.1 Å². The van der Waals surface area contributed by atoms with Crippen molar-refractivity contribution >= 4 is 27.7 Å². The quantitative estimate of drug-likeness (QED) is 0.511. The number of hydrogen-bond acceptors (Lipinski definition) is 4. The van der Waals surface area contributed by atoms with Crippen molar-refractivity contribution in [3.8, 4) is 0 Å². The normalized spacial score (nSPS) is 11.8. The molecule has 0 fully saturated rings. The largest absolute Gasteiger partial charge is 0.478 e. The average Bonchev–Trinajstić information content (AvgIpc) is 2.71. The van der Waals surface area contributed by atoms with E-state index in [-0.39, 0.29) is 11.8 Å². The molecule has 1 N–H and O–H groups in total. The molecule has 2 aromatic carbocycles. The van der Waals surface area contributed by atoms with Crippen LogP contribution in [0.1, 0.15) is 21.5 Å². The molecular weight excluding hydrogens is 420 g/mol. The van der Waals surface area contributed by atoms with Crippen LogP contribution in [0.15, 0.2) is 77.4 Å². The summed E-state index contributed by atoms with van der Waals surface area (Å²) < 4.78 is 7.23. The lowest BCUT2D eigenvalue weighted by Crippen LogP contribution is -2.36. The van der Waals surface area contributed by atoms with E-state index in [9.17, 15) is 4.79 Å². The zero-order valence-electron chi connectivity index (χ0n) is 15.5. The minimum absolute atomic E-state index is 0.158. The van der Waals surface area contributed by atoms with Gasteiger partial charge in [0.2, 0.25) is 0 Å². The Balaban J connectivity index is 1.80. The lowest BCUT2D eigenvalue weighted by molar-refractivity contribution is 0.0413. The summed E-state index contributed by atoms with van der Waals surface area (Å²) in [5.41, 5.74) is 2.37. The zero-order valence-corrected chi connectivity index (χ0v) is 17.0. The summed E-state index contributed by atoms with van der Waals surface area (Å²) in [6.45, 7) is 0.469. The molecule has 0 saturated heterocycles. The Labute approximate surface area is 172 Å². The number of nitrogens with zero attached hydrogens (tertiary/aromatic N) is 2. The van der Waals surface area contributed by atoms with Crippen LogP contribution < -0.4 is 4.90 Å². The number of carboxylic acids is 1. The molecule has 6 heteroatoms. The third kappa shape index (κ3) is 5.41. The molecule has 28 heavy (non-hydrogen) atoms. The highest BCUT2D eigenvalue weighted by Crippen LogP contribution is 2.20. The first-order chi connectivity index (χ1) is 13.5. The van der Waals surface area contributed by atoms with Gasteiger partial charge in [0.25, 0.3) is 0 Å². The number of pyridine rings is 1. The number of benzene rings is 2. The van der Waals surface area contributed by atoms with Crippen LogP contribution in [0.3, 0.4) is 0 Å². The van der Waals surface area contributed by atoms with Gasteiger partial charge in [0.1, 0.15) is 12.0 Å². The highest BCUT2D eigenvalue weighted by molar-refractivity contribution is 9.10. The van der Waals surface area contributed by atoms with Gasteiger partial charge < -0.3 is 14.7 Å². The molecule has 0 saturated carbocycles. The number of rotatable bonds is 8. The molecule has 1 unspecified atom stereocenters. The summed E-state index contributed by atoms with van der Waals surface area (Å²) >= 11 is 3.51. The van der Waals surface area contributed by atoms with Crippen LogP contribution in [-0.2, 0) is 17.8 Å². The number of anilines is 1. The van der Waals surface area contributed by atoms with E-state index in [2.05, 4.69) is 33.0 Å². The topological polar surface area (TPSA) is 62.7 Å². The van der Waals surface area contributed by atoms with Crippen LogP contribution in [0.4, 0.5) is 5.82 Å². The van der Waals surface area contributed by atoms with Crippen LogP contribution in [0.5, 0.6) is 0 Å². The van der Waals surface area contributed by atoms with Gasteiger partial charge in [0.05, 0.1) is 12.2 Å². The molecule has 0 bridgehead atoms. The van der Waals surface area contributed by atoms with Crippen molar-refractivity contribution in [3.05, 3.63) is 94.1 Å². The Morgan fingerprint density at radius 3 is 2.50 bits per heavy atom. The Morgan fingerprint density at radius 1 is 1.11 bits per heavy atom. The molecule has 3 rings (SSSR count). The van der Waals surface area contributed by atoms with E-state index in [1.165, 1.54) is 6.20 Å². The molecule has 1 heterocycles. The van der Waals surface area contributed by atoms with Gasteiger partial charge in [-0.05, 0) is 35.4 Å². The number of halogens is 1. The first kappa shape index (κ1) is 20.0. The Hall–Kier alpha value is -2.70. The van der Waals surface area contributed by atoms with Gasteiger partial charge in [-0.1, -0.05) is 58.4 Å². The highest BCUT2D eigenvalue weighted by atomic mass is 79.9. The van der Waals surface area contributed by atoms with E-state index in [4.69, 9.17) is 9.84 Å². The van der Waals surface area contributed by atoms with E-state index < -0.39 is 5.97 Å². The van der Waals surface area contributed by atoms with Crippen molar-refractivity contribution < 1.29 is 14.6 Å². The molecule has 1 aromatic heterocycles. The summed E-state index contributed by atoms with van der Waals surface area (Å²) in [7, 11) is 1.90. The molecule has 0 amide bonds. The summed E-state index contributed by atoms with van der Waals surface area (Å²) in [6, 6.07) is 21.3. The molecule has 0 aliphatic carbocycles. The number of hydrogen-bond donors (Lipinski definition) is 1. The summed E-state index contributed by atoms with van der Waals surface area (Å²) in [4.78, 5) is 17.3. The van der Waals surface area contributed by atoms with E-state index in [1.807, 2.05) is 54.4 Å². The zero-order chi connectivity index (χ0) is 19.9. The SMILES string of the molecule is CN(c1ccc(C(=O)O)cn1)C(Cc1cccc(Br)c1)OCc1ccccc1. The third-order valence-electron chi connectivity index (χ3n) is 4.37. The Bertz CT molecular complexity index is 917. The minimum Gasteiger partial charge on any atom is -0.478 e. The summed E-state index contributed by atoms with van der Waals surface area (Å²) in [5, 5.41) is 9.07. The molecule has 144 valence electrons. The second-order valence-corrected chi connectivity index (χ2v) is 7.32. The van der Waals surface area contributed by atoms with Gasteiger partial charge in [-0.25, -0.2) is 9.78 Å². The average molecular weight is 441 g/mol. The lowest BCUT2D eigenvalue weighted by atomic mass is 10.1. The predicted molar refractivity (Wildman–Crippen MR) is 112 cm³/mol. The number of carboxylic acid groups (broad SMARTS) is 1. The van der Waals surface area contributed by atoms with Crippen LogP contribution in [0.25, 0.3) is 0 Å². The maximum Gasteiger partial charge on any atom is 0.337 e. The van der Waals surface area contributed by atoms with Crippen molar-refractivity contribution in [3.63, 3.8) is 0 Å². The predicted octanol–water partition coefficient (Wildman–Crippen LogP) is 4.76. The molecule has 0 spiro atoms. The smallest absolute Gasteiger partial charge is 0.337 e. The monoisotopic (exact) mass is 440 g/mol. The number of aromatic nitrogens is 1. The Kier molecular flexibility index (Phi) is 6.79. The third-order valence-corrected chi connectivity index (χ3v) is 4.87. The molecule has 5 nitrogen and oxygen atoms in total. The number of aromatic carboxylic acids is 1. The molecule has 0 aliphatic heterocycles. The van der Waals surface area contributed by atoms with E-state index >= 15 is 0 Å².